The van der Waals surface area contributed by atoms with Crippen molar-refractivity contribution in [3.63, 3.8) is 0 Å². The molecule has 0 spiro atoms. The van der Waals surface area contributed by atoms with E-state index in [1.807, 2.05) is 6.92 Å². The predicted molar refractivity (Wildman–Crippen MR) is 58.7 cm³/mol. The minimum atomic E-state index is -4.17. The molecule has 6 heteroatoms. The van der Waals surface area contributed by atoms with E-state index in [1.165, 1.54) is 0 Å². The summed E-state index contributed by atoms with van der Waals surface area (Å²) in [6.07, 6.45) is -5.10. The summed E-state index contributed by atoms with van der Waals surface area (Å²) >= 11 is 0. The fraction of sp³-hybridized carbons (Fsp3) is 0.545. The molecule has 1 aromatic rings. The van der Waals surface area contributed by atoms with Crippen LogP contribution in [0, 0.1) is 0 Å². The van der Waals surface area contributed by atoms with Gasteiger partial charge in [0.05, 0.1) is 25.3 Å². The Bertz CT molecular complexity index is 342. The average molecular weight is 248 g/mol. The fourth-order valence-electron chi connectivity index (χ4n) is 1.20. The summed E-state index contributed by atoms with van der Waals surface area (Å²) in [6.45, 7) is 2.44. The van der Waals surface area contributed by atoms with E-state index >= 15 is 0 Å². The number of hydrogen-bond acceptors (Lipinski definition) is 3. The SMILES string of the molecule is CCNc1cccc(COCCC(F)(F)F)n1. The van der Waals surface area contributed by atoms with Gasteiger partial charge in [-0.3, -0.25) is 0 Å². The van der Waals surface area contributed by atoms with Crippen molar-refractivity contribution in [2.75, 3.05) is 18.5 Å². The van der Waals surface area contributed by atoms with Crippen LogP contribution in [0.15, 0.2) is 18.2 Å². The fourth-order valence-corrected chi connectivity index (χ4v) is 1.20. The minimum Gasteiger partial charge on any atom is -0.375 e. The molecule has 1 aromatic heterocycles. The molecule has 17 heavy (non-hydrogen) atoms. The quantitative estimate of drug-likeness (QED) is 0.786. The van der Waals surface area contributed by atoms with Crippen molar-refractivity contribution in [1.82, 2.24) is 4.98 Å². The molecule has 0 unspecified atom stereocenters. The van der Waals surface area contributed by atoms with E-state index in [1.54, 1.807) is 18.2 Å². The van der Waals surface area contributed by atoms with Gasteiger partial charge in [0.2, 0.25) is 0 Å². The number of aromatic nitrogens is 1. The molecular weight excluding hydrogens is 233 g/mol. The number of anilines is 1. The molecule has 0 aliphatic heterocycles. The Labute approximate surface area is 98.0 Å². The van der Waals surface area contributed by atoms with Crippen LogP contribution in [0.25, 0.3) is 0 Å². The largest absolute Gasteiger partial charge is 0.391 e. The van der Waals surface area contributed by atoms with Gasteiger partial charge in [0.25, 0.3) is 0 Å². The standard InChI is InChI=1S/C11H15F3N2O/c1-2-15-10-5-3-4-9(16-10)8-17-7-6-11(12,13)14/h3-5H,2,6-8H2,1H3,(H,15,16). The zero-order valence-electron chi connectivity index (χ0n) is 9.55. The molecule has 0 radical (unpaired) electrons. The predicted octanol–water partition coefficient (Wildman–Crippen LogP) is 2.98. The number of hydrogen-bond donors (Lipinski definition) is 1. The third-order valence-corrected chi connectivity index (χ3v) is 1.94. The Morgan fingerprint density at radius 3 is 2.76 bits per heavy atom. The van der Waals surface area contributed by atoms with Crippen LogP contribution in [-0.2, 0) is 11.3 Å². The van der Waals surface area contributed by atoms with E-state index in [-0.39, 0.29) is 13.2 Å². The van der Waals surface area contributed by atoms with E-state index in [4.69, 9.17) is 4.74 Å². The lowest BCUT2D eigenvalue weighted by Crippen LogP contribution is -2.11. The van der Waals surface area contributed by atoms with E-state index in [0.29, 0.717) is 11.5 Å². The summed E-state index contributed by atoms with van der Waals surface area (Å²) in [5.74, 6) is 0.699. The molecule has 0 atom stereocenters. The van der Waals surface area contributed by atoms with Crippen LogP contribution in [0.5, 0.6) is 0 Å². The maximum atomic E-state index is 11.8. The van der Waals surface area contributed by atoms with E-state index in [2.05, 4.69) is 10.3 Å². The second-order valence-electron chi connectivity index (χ2n) is 3.46. The van der Waals surface area contributed by atoms with Crippen LogP contribution in [0.4, 0.5) is 19.0 Å². The molecular formula is C11H15F3N2O. The summed E-state index contributed by atoms with van der Waals surface area (Å²) in [7, 11) is 0. The lowest BCUT2D eigenvalue weighted by molar-refractivity contribution is -0.146. The highest BCUT2D eigenvalue weighted by Gasteiger charge is 2.26. The number of alkyl halides is 3. The van der Waals surface area contributed by atoms with Gasteiger partial charge in [-0.05, 0) is 19.1 Å². The Hall–Kier alpha value is -1.30. The molecule has 1 N–H and O–H groups in total. The second kappa shape index (κ2) is 6.44. The van der Waals surface area contributed by atoms with Crippen molar-refractivity contribution in [3.05, 3.63) is 23.9 Å². The molecule has 0 saturated heterocycles. The number of rotatable bonds is 6. The highest BCUT2D eigenvalue weighted by atomic mass is 19.4. The van der Waals surface area contributed by atoms with Crippen LogP contribution >= 0.6 is 0 Å². The van der Waals surface area contributed by atoms with Gasteiger partial charge in [-0.2, -0.15) is 13.2 Å². The molecule has 0 fully saturated rings. The Morgan fingerprint density at radius 2 is 2.12 bits per heavy atom. The molecule has 1 heterocycles. The van der Waals surface area contributed by atoms with Crippen LogP contribution in [0.2, 0.25) is 0 Å². The number of nitrogens with one attached hydrogen (secondary N) is 1. The Kier molecular flexibility index (Phi) is 5.21. The van der Waals surface area contributed by atoms with Gasteiger partial charge in [-0.15, -0.1) is 0 Å². The van der Waals surface area contributed by atoms with E-state index in [9.17, 15) is 13.2 Å². The van der Waals surface area contributed by atoms with Gasteiger partial charge in [0.1, 0.15) is 5.82 Å². The van der Waals surface area contributed by atoms with Gasteiger partial charge in [-0.1, -0.05) is 6.07 Å². The number of pyridine rings is 1. The number of halogens is 3. The van der Waals surface area contributed by atoms with Gasteiger partial charge in [0.15, 0.2) is 0 Å². The first kappa shape index (κ1) is 13.8. The highest BCUT2D eigenvalue weighted by molar-refractivity contribution is 5.34. The third-order valence-electron chi connectivity index (χ3n) is 1.94. The monoisotopic (exact) mass is 248 g/mol. The summed E-state index contributed by atoms with van der Waals surface area (Å²) in [4.78, 5) is 4.18. The zero-order chi connectivity index (χ0) is 12.7. The van der Waals surface area contributed by atoms with Crippen molar-refractivity contribution < 1.29 is 17.9 Å². The molecule has 0 aromatic carbocycles. The van der Waals surface area contributed by atoms with Gasteiger partial charge < -0.3 is 10.1 Å². The van der Waals surface area contributed by atoms with E-state index in [0.717, 1.165) is 6.54 Å². The van der Waals surface area contributed by atoms with Crippen LogP contribution in [0.3, 0.4) is 0 Å². The normalized spacial score (nSPS) is 11.5. The van der Waals surface area contributed by atoms with Crippen LogP contribution in [-0.4, -0.2) is 24.3 Å². The second-order valence-corrected chi connectivity index (χ2v) is 3.46. The van der Waals surface area contributed by atoms with Crippen molar-refractivity contribution in [2.45, 2.75) is 26.1 Å². The van der Waals surface area contributed by atoms with Gasteiger partial charge in [-0.25, -0.2) is 4.98 Å². The van der Waals surface area contributed by atoms with Crippen molar-refractivity contribution in [1.29, 1.82) is 0 Å². The molecule has 3 nitrogen and oxygen atoms in total. The Balaban J connectivity index is 2.34. The lowest BCUT2D eigenvalue weighted by atomic mass is 10.3. The smallest absolute Gasteiger partial charge is 0.375 e. The molecule has 0 aliphatic carbocycles. The molecule has 0 saturated carbocycles. The first-order valence-corrected chi connectivity index (χ1v) is 5.35. The highest BCUT2D eigenvalue weighted by Crippen LogP contribution is 2.19. The molecule has 96 valence electrons. The van der Waals surface area contributed by atoms with Crippen molar-refractivity contribution in [3.8, 4) is 0 Å². The summed E-state index contributed by atoms with van der Waals surface area (Å²) in [6, 6.07) is 5.30. The maximum absolute atomic E-state index is 11.8. The van der Waals surface area contributed by atoms with Gasteiger partial charge in [0, 0.05) is 6.54 Å². The minimum absolute atomic E-state index is 0.0926. The third kappa shape index (κ3) is 6.11. The average Bonchev–Trinajstić information content (AvgIpc) is 2.24. The molecule has 0 aliphatic rings. The van der Waals surface area contributed by atoms with Crippen molar-refractivity contribution >= 4 is 5.82 Å². The summed E-state index contributed by atoms with van der Waals surface area (Å²) in [5, 5.41) is 3.02. The first-order valence-electron chi connectivity index (χ1n) is 5.35. The summed E-state index contributed by atoms with van der Waals surface area (Å²) in [5.41, 5.74) is 0.616. The number of ether oxygens (including phenoxy) is 1. The first-order chi connectivity index (χ1) is 8.01. The van der Waals surface area contributed by atoms with E-state index < -0.39 is 12.6 Å². The maximum Gasteiger partial charge on any atom is 0.391 e. The topological polar surface area (TPSA) is 34.1 Å². The number of nitrogens with zero attached hydrogens (tertiary/aromatic N) is 1. The molecule has 0 bridgehead atoms. The van der Waals surface area contributed by atoms with Crippen LogP contribution in [0.1, 0.15) is 19.0 Å². The van der Waals surface area contributed by atoms with Gasteiger partial charge >= 0.3 is 6.18 Å². The molecule has 0 amide bonds. The Morgan fingerprint density at radius 1 is 1.35 bits per heavy atom. The zero-order valence-corrected chi connectivity index (χ0v) is 9.55. The lowest BCUT2D eigenvalue weighted by Gasteiger charge is -2.08. The van der Waals surface area contributed by atoms with Crippen LogP contribution < -0.4 is 5.32 Å². The molecule has 1 rings (SSSR count). The summed E-state index contributed by atoms with van der Waals surface area (Å²) < 4.78 is 40.4. The van der Waals surface area contributed by atoms with Crippen molar-refractivity contribution in [2.24, 2.45) is 0 Å².